The molecule has 222 valence electrons. The number of halogens is 5. The molecule has 0 unspecified atom stereocenters. The summed E-state index contributed by atoms with van der Waals surface area (Å²) in [6, 6.07) is 3.61. The number of amides is 2. The monoisotopic (exact) mass is 597 g/mol. The minimum atomic E-state index is -4.87. The Kier molecular flexibility index (Phi) is 8.04. The molecule has 1 aliphatic rings. The molecule has 0 bridgehead atoms. The molecule has 40 heavy (non-hydrogen) atoms. The molecule has 2 amide bonds. The molecule has 0 aliphatic carbocycles. The Labute approximate surface area is 226 Å². The minimum absolute atomic E-state index is 0.0355. The number of aromatic nitrogens is 2. The minimum Gasteiger partial charge on any atom is -0.484 e. The van der Waals surface area contributed by atoms with E-state index >= 15 is 0 Å². The van der Waals surface area contributed by atoms with Crippen LogP contribution in [0.25, 0.3) is 0 Å². The van der Waals surface area contributed by atoms with E-state index < -0.39 is 63.4 Å². The van der Waals surface area contributed by atoms with Crippen molar-refractivity contribution in [1.82, 2.24) is 15.1 Å². The summed E-state index contributed by atoms with van der Waals surface area (Å²) in [4.78, 5) is 23.4. The third-order valence-electron chi connectivity index (χ3n) is 6.05. The topological polar surface area (TPSA) is 132 Å². The smallest absolute Gasteiger partial charge is 0.427 e. The van der Waals surface area contributed by atoms with E-state index in [4.69, 9.17) is 4.74 Å². The van der Waals surface area contributed by atoms with Gasteiger partial charge in [-0.25, -0.2) is 17.9 Å². The maximum Gasteiger partial charge on any atom is 0.427 e. The highest BCUT2D eigenvalue weighted by atomic mass is 32.2. The molecule has 1 aliphatic heterocycles. The van der Waals surface area contributed by atoms with Crippen LogP contribution in [0, 0.1) is 6.92 Å². The number of sulfonamides is 1. The highest BCUT2D eigenvalue weighted by molar-refractivity contribution is 7.92. The number of anilines is 2. The highest BCUT2D eigenvalue weighted by Gasteiger charge is 2.51. The number of alkyl halides is 5. The number of carbonyl (C=O) groups excluding carboxylic acids is 2. The van der Waals surface area contributed by atoms with Crippen molar-refractivity contribution in [2.24, 2.45) is 0 Å². The SMILES string of the molecule is CC(=O)NC(C)(C)[C@@H]1CN(S(=O)(=O)c2cn(C(F)F)nc2C)c2cc(NC(=O)OC(C)(C)C(F)(F)F)ccc2O1. The van der Waals surface area contributed by atoms with Crippen LogP contribution in [0.3, 0.4) is 0 Å². The van der Waals surface area contributed by atoms with Crippen molar-refractivity contribution in [1.29, 1.82) is 0 Å². The number of nitrogens with one attached hydrogen (secondary N) is 2. The molecule has 1 aromatic heterocycles. The second kappa shape index (κ2) is 10.4. The average molecular weight is 598 g/mol. The fourth-order valence-corrected chi connectivity index (χ4v) is 5.46. The Morgan fingerprint density at radius 1 is 1.18 bits per heavy atom. The molecule has 2 heterocycles. The van der Waals surface area contributed by atoms with E-state index in [0.29, 0.717) is 20.0 Å². The molecule has 2 N–H and O–H groups in total. The normalized spacial score (nSPS) is 16.3. The van der Waals surface area contributed by atoms with Gasteiger partial charge in [-0.3, -0.25) is 14.4 Å². The van der Waals surface area contributed by atoms with Crippen LogP contribution in [0.1, 0.15) is 46.9 Å². The molecule has 17 heteroatoms. The molecule has 1 aromatic carbocycles. The number of nitrogens with zero attached hydrogens (tertiary/aromatic N) is 3. The van der Waals surface area contributed by atoms with Crippen LogP contribution in [0.2, 0.25) is 0 Å². The van der Waals surface area contributed by atoms with Gasteiger partial charge in [0, 0.05) is 12.6 Å². The number of fused-ring (bicyclic) bond motifs is 1. The Morgan fingerprint density at radius 2 is 1.80 bits per heavy atom. The number of aryl methyl sites for hydroxylation is 1. The second-order valence-electron chi connectivity index (χ2n) is 10.1. The standard InChI is InChI=1S/C23H28F5N5O6S/c1-12-17(10-32(31-12)19(24)25)40(36,37)33-11-18(21(3,4)30-13(2)34)38-16-8-7-14(9-15(16)33)29-20(35)39-22(5,6)23(26,27)28/h7-10,18-19H,11H2,1-6H3,(H,29,35)(H,30,34)/t18-/m0/s1. The van der Waals surface area contributed by atoms with Crippen LogP contribution in [-0.4, -0.2) is 60.2 Å². The Hall–Kier alpha value is -3.63. The maximum absolute atomic E-state index is 13.8. The number of benzene rings is 1. The average Bonchev–Trinajstić information content (AvgIpc) is 3.19. The fraction of sp³-hybridized carbons (Fsp3) is 0.522. The van der Waals surface area contributed by atoms with E-state index in [0.717, 1.165) is 10.4 Å². The molecule has 0 saturated carbocycles. The van der Waals surface area contributed by atoms with Crippen molar-refractivity contribution in [3.8, 4) is 5.75 Å². The number of ether oxygens (including phenoxy) is 2. The third-order valence-corrected chi connectivity index (χ3v) is 7.93. The first-order valence-corrected chi connectivity index (χ1v) is 13.1. The molecule has 0 radical (unpaired) electrons. The fourth-order valence-electron chi connectivity index (χ4n) is 3.84. The zero-order valence-electron chi connectivity index (χ0n) is 22.3. The number of hydrogen-bond acceptors (Lipinski definition) is 7. The van der Waals surface area contributed by atoms with E-state index in [9.17, 15) is 40.0 Å². The Morgan fingerprint density at radius 3 is 2.33 bits per heavy atom. The summed E-state index contributed by atoms with van der Waals surface area (Å²) in [7, 11) is -4.60. The Balaban J connectivity index is 2.06. The van der Waals surface area contributed by atoms with Crippen LogP contribution < -0.4 is 19.7 Å². The zero-order chi connectivity index (χ0) is 30.4. The second-order valence-corrected chi connectivity index (χ2v) is 11.9. The molecule has 0 saturated heterocycles. The van der Waals surface area contributed by atoms with Crippen molar-refractivity contribution < 1.29 is 49.4 Å². The van der Waals surface area contributed by atoms with Gasteiger partial charge in [0.15, 0.2) is 0 Å². The van der Waals surface area contributed by atoms with Gasteiger partial charge in [0.25, 0.3) is 10.0 Å². The first-order chi connectivity index (χ1) is 18.2. The van der Waals surface area contributed by atoms with Crippen LogP contribution in [0.5, 0.6) is 5.75 Å². The van der Waals surface area contributed by atoms with E-state index in [1.807, 2.05) is 0 Å². The summed E-state index contributed by atoms with van der Waals surface area (Å²) >= 11 is 0. The van der Waals surface area contributed by atoms with Crippen molar-refractivity contribution in [2.75, 3.05) is 16.2 Å². The van der Waals surface area contributed by atoms with Crippen molar-refractivity contribution in [3.63, 3.8) is 0 Å². The van der Waals surface area contributed by atoms with Gasteiger partial charge in [-0.15, -0.1) is 0 Å². The molecular formula is C23H28F5N5O6S. The van der Waals surface area contributed by atoms with Crippen molar-refractivity contribution in [2.45, 2.75) is 76.4 Å². The largest absolute Gasteiger partial charge is 0.484 e. The first kappa shape index (κ1) is 30.9. The van der Waals surface area contributed by atoms with E-state index in [-0.39, 0.29) is 27.5 Å². The molecule has 3 rings (SSSR count). The van der Waals surface area contributed by atoms with Gasteiger partial charge in [0.1, 0.15) is 16.7 Å². The van der Waals surface area contributed by atoms with Crippen LogP contribution in [-0.2, 0) is 19.6 Å². The van der Waals surface area contributed by atoms with Gasteiger partial charge < -0.3 is 14.8 Å². The van der Waals surface area contributed by atoms with Crippen LogP contribution in [0.4, 0.5) is 38.1 Å². The van der Waals surface area contributed by atoms with E-state index in [1.165, 1.54) is 26.0 Å². The van der Waals surface area contributed by atoms with E-state index in [1.54, 1.807) is 13.8 Å². The molecule has 11 nitrogen and oxygen atoms in total. The van der Waals surface area contributed by atoms with E-state index in [2.05, 4.69) is 20.5 Å². The third kappa shape index (κ3) is 6.23. The summed E-state index contributed by atoms with van der Waals surface area (Å²) in [5.74, 6) is -0.464. The van der Waals surface area contributed by atoms with Gasteiger partial charge >= 0.3 is 18.8 Å². The molecule has 1 atom stereocenters. The summed E-state index contributed by atoms with van der Waals surface area (Å²) in [5, 5.41) is 8.34. The summed E-state index contributed by atoms with van der Waals surface area (Å²) in [6.45, 7) is 3.42. The number of carbonyl (C=O) groups is 2. The number of rotatable bonds is 7. The quantitative estimate of drug-likeness (QED) is 0.454. The van der Waals surface area contributed by atoms with Crippen molar-refractivity contribution >= 4 is 33.4 Å². The highest BCUT2D eigenvalue weighted by Crippen LogP contribution is 2.41. The molecular weight excluding hydrogens is 569 g/mol. The van der Waals surface area contributed by atoms with Crippen LogP contribution in [0.15, 0.2) is 29.3 Å². The first-order valence-electron chi connectivity index (χ1n) is 11.7. The zero-order valence-corrected chi connectivity index (χ0v) is 23.1. The molecule has 0 fully saturated rings. The number of hydrogen-bond donors (Lipinski definition) is 2. The van der Waals surface area contributed by atoms with Gasteiger partial charge in [-0.2, -0.15) is 27.1 Å². The predicted molar refractivity (Wildman–Crippen MR) is 132 cm³/mol. The molecule has 0 spiro atoms. The lowest BCUT2D eigenvalue weighted by atomic mass is 9.95. The summed E-state index contributed by atoms with van der Waals surface area (Å²) < 4.78 is 105. The molecule has 2 aromatic rings. The van der Waals surface area contributed by atoms with Gasteiger partial charge in [-0.1, -0.05) is 0 Å². The van der Waals surface area contributed by atoms with Gasteiger partial charge in [0.2, 0.25) is 11.5 Å². The predicted octanol–water partition coefficient (Wildman–Crippen LogP) is 4.35. The lowest BCUT2D eigenvalue weighted by molar-refractivity contribution is -0.242. The lowest BCUT2D eigenvalue weighted by Crippen LogP contribution is -2.60. The maximum atomic E-state index is 13.8. The Bertz CT molecular complexity index is 1410. The summed E-state index contributed by atoms with van der Waals surface area (Å²) in [5.41, 5.74) is -4.48. The lowest BCUT2D eigenvalue weighted by Gasteiger charge is -2.42. The summed E-state index contributed by atoms with van der Waals surface area (Å²) in [6.07, 6.45) is -6.65. The van der Waals surface area contributed by atoms with Gasteiger partial charge in [0.05, 0.1) is 29.7 Å². The van der Waals surface area contributed by atoms with Gasteiger partial charge in [-0.05, 0) is 52.8 Å². The van der Waals surface area contributed by atoms with Crippen LogP contribution >= 0.6 is 0 Å². The van der Waals surface area contributed by atoms with Crippen molar-refractivity contribution in [3.05, 3.63) is 30.1 Å².